The molecular weight excluding hydrogens is 264 g/mol. The van der Waals surface area contributed by atoms with Gasteiger partial charge in [-0.2, -0.15) is 0 Å². The van der Waals surface area contributed by atoms with Gasteiger partial charge in [0.2, 0.25) is 0 Å². The molecule has 1 amide bonds. The average Bonchev–Trinajstić information content (AvgIpc) is 2.47. The Morgan fingerprint density at radius 3 is 2.86 bits per heavy atom. The van der Waals surface area contributed by atoms with Gasteiger partial charge in [0, 0.05) is 18.2 Å². The first-order valence-electron chi connectivity index (χ1n) is 7.31. The number of allylic oxidation sites excluding steroid dienone is 2. The minimum absolute atomic E-state index is 0.0666. The van der Waals surface area contributed by atoms with Gasteiger partial charge in [-0.3, -0.25) is 4.79 Å². The molecule has 1 aromatic rings. The van der Waals surface area contributed by atoms with E-state index in [-0.39, 0.29) is 18.4 Å². The summed E-state index contributed by atoms with van der Waals surface area (Å²) in [6, 6.07) is 8.37. The van der Waals surface area contributed by atoms with Crippen molar-refractivity contribution >= 4 is 5.91 Å². The van der Waals surface area contributed by atoms with E-state index >= 15 is 0 Å². The molecule has 0 heterocycles. The van der Waals surface area contributed by atoms with Crippen LogP contribution >= 0.6 is 0 Å². The molecule has 2 unspecified atom stereocenters. The van der Waals surface area contributed by atoms with Crippen LogP contribution < -0.4 is 11.1 Å². The number of nitrogens with one attached hydrogen (secondary N) is 1. The summed E-state index contributed by atoms with van der Waals surface area (Å²) in [5, 5.41) is 13.4. The first-order chi connectivity index (χ1) is 10.1. The van der Waals surface area contributed by atoms with E-state index in [2.05, 4.69) is 17.4 Å². The van der Waals surface area contributed by atoms with Crippen LogP contribution in [0.4, 0.5) is 0 Å². The molecule has 0 radical (unpaired) electrons. The number of aryl methyl sites for hydroxylation is 1. The molecule has 1 aromatic carbocycles. The smallest absolute Gasteiger partial charge is 0.256 e. The molecule has 4 heteroatoms. The summed E-state index contributed by atoms with van der Waals surface area (Å²) >= 11 is 0. The molecule has 3 rings (SSSR count). The van der Waals surface area contributed by atoms with Gasteiger partial charge >= 0.3 is 0 Å². The monoisotopic (exact) mass is 284 g/mol. The van der Waals surface area contributed by atoms with Crippen molar-refractivity contribution in [2.24, 2.45) is 5.73 Å². The number of nitrogens with two attached hydrogens (primary N) is 1. The third kappa shape index (κ3) is 2.85. The minimum atomic E-state index is -1.52. The van der Waals surface area contributed by atoms with Crippen LogP contribution in [-0.2, 0) is 17.6 Å². The van der Waals surface area contributed by atoms with Crippen LogP contribution in [0.25, 0.3) is 0 Å². The molecule has 4 nitrogen and oxygen atoms in total. The molecule has 0 aliphatic heterocycles. The van der Waals surface area contributed by atoms with Crippen LogP contribution in [0.3, 0.4) is 0 Å². The summed E-state index contributed by atoms with van der Waals surface area (Å²) in [5.41, 5.74) is 7.34. The number of amides is 1. The molecule has 0 saturated carbocycles. The minimum Gasteiger partial charge on any atom is -0.402 e. The Bertz CT molecular complexity index is 621. The van der Waals surface area contributed by atoms with E-state index in [4.69, 9.17) is 5.73 Å². The third-order valence-corrected chi connectivity index (χ3v) is 4.23. The lowest BCUT2D eigenvalue weighted by atomic mass is 9.87. The van der Waals surface area contributed by atoms with E-state index in [0.29, 0.717) is 5.70 Å². The quantitative estimate of drug-likeness (QED) is 0.763. The summed E-state index contributed by atoms with van der Waals surface area (Å²) in [6.07, 6.45) is 7.67. The van der Waals surface area contributed by atoms with Crippen molar-refractivity contribution in [3.8, 4) is 0 Å². The summed E-state index contributed by atoms with van der Waals surface area (Å²) < 4.78 is 0. The molecule has 110 valence electrons. The summed E-state index contributed by atoms with van der Waals surface area (Å²) in [7, 11) is 0. The topological polar surface area (TPSA) is 75.3 Å². The van der Waals surface area contributed by atoms with Crippen LogP contribution in [0.2, 0.25) is 0 Å². The fourth-order valence-corrected chi connectivity index (χ4v) is 3.05. The lowest BCUT2D eigenvalue weighted by Gasteiger charge is -2.31. The number of aliphatic hydroxyl groups is 1. The standard InChI is InChI=1S/C17H20N2O2/c18-14-6-3-9-17(21,11-14)16(20)19-15-8-7-12-4-1-2-5-13(12)10-15/h1-6,9,15,21H,7-8,10-11,18H2,(H,19,20). The molecule has 0 fully saturated rings. The number of rotatable bonds is 2. The lowest BCUT2D eigenvalue weighted by Crippen LogP contribution is -2.51. The predicted octanol–water partition coefficient (Wildman–Crippen LogP) is 1.19. The summed E-state index contributed by atoms with van der Waals surface area (Å²) in [6.45, 7) is 0. The van der Waals surface area contributed by atoms with Gasteiger partial charge in [0.15, 0.2) is 5.60 Å². The van der Waals surface area contributed by atoms with E-state index in [9.17, 15) is 9.90 Å². The van der Waals surface area contributed by atoms with Crippen molar-refractivity contribution in [1.82, 2.24) is 5.32 Å². The maximum absolute atomic E-state index is 12.4. The predicted molar refractivity (Wildman–Crippen MR) is 81.4 cm³/mol. The summed E-state index contributed by atoms with van der Waals surface area (Å²) in [4.78, 5) is 12.4. The molecule has 0 aromatic heterocycles. The molecular formula is C17H20N2O2. The molecule has 0 bridgehead atoms. The van der Waals surface area contributed by atoms with Crippen molar-refractivity contribution in [2.45, 2.75) is 37.3 Å². The normalized spacial score (nSPS) is 27.7. The Kier molecular flexibility index (Phi) is 3.55. The Balaban J connectivity index is 1.67. The van der Waals surface area contributed by atoms with Gasteiger partial charge in [-0.05, 0) is 42.5 Å². The van der Waals surface area contributed by atoms with E-state index < -0.39 is 5.60 Å². The maximum Gasteiger partial charge on any atom is 0.256 e. The average molecular weight is 284 g/mol. The zero-order valence-corrected chi connectivity index (χ0v) is 11.9. The van der Waals surface area contributed by atoms with Crippen LogP contribution in [-0.4, -0.2) is 22.7 Å². The van der Waals surface area contributed by atoms with E-state index in [1.165, 1.54) is 17.2 Å². The first kappa shape index (κ1) is 13.9. The molecule has 0 saturated heterocycles. The number of hydrogen-bond donors (Lipinski definition) is 3. The largest absolute Gasteiger partial charge is 0.402 e. The van der Waals surface area contributed by atoms with E-state index in [0.717, 1.165) is 19.3 Å². The Morgan fingerprint density at radius 2 is 2.10 bits per heavy atom. The zero-order chi connectivity index (χ0) is 14.9. The number of carbonyl (C=O) groups is 1. The SMILES string of the molecule is NC1=CC=CC(O)(C(=O)NC2CCc3ccccc3C2)C1. The van der Waals surface area contributed by atoms with Crippen molar-refractivity contribution in [3.63, 3.8) is 0 Å². The Hall–Kier alpha value is -2.07. The van der Waals surface area contributed by atoms with Gasteiger partial charge in [0.1, 0.15) is 0 Å². The summed E-state index contributed by atoms with van der Waals surface area (Å²) in [5.74, 6) is -0.362. The van der Waals surface area contributed by atoms with Gasteiger partial charge < -0.3 is 16.2 Å². The number of benzene rings is 1. The number of fused-ring (bicyclic) bond motifs is 1. The highest BCUT2D eigenvalue weighted by Gasteiger charge is 2.36. The number of carbonyl (C=O) groups excluding carboxylic acids is 1. The van der Waals surface area contributed by atoms with Crippen LogP contribution in [0.1, 0.15) is 24.0 Å². The maximum atomic E-state index is 12.4. The lowest BCUT2D eigenvalue weighted by molar-refractivity contribution is -0.136. The van der Waals surface area contributed by atoms with Crippen molar-refractivity contribution in [2.75, 3.05) is 0 Å². The number of hydrogen-bond acceptors (Lipinski definition) is 3. The van der Waals surface area contributed by atoms with Gasteiger partial charge in [-0.1, -0.05) is 30.3 Å². The first-order valence-corrected chi connectivity index (χ1v) is 7.31. The Labute approximate surface area is 124 Å². The molecule has 21 heavy (non-hydrogen) atoms. The van der Waals surface area contributed by atoms with Crippen LogP contribution in [0.15, 0.2) is 48.2 Å². The third-order valence-electron chi connectivity index (χ3n) is 4.23. The van der Waals surface area contributed by atoms with Crippen molar-refractivity contribution < 1.29 is 9.90 Å². The second-order valence-electron chi connectivity index (χ2n) is 5.88. The Morgan fingerprint density at radius 1 is 1.33 bits per heavy atom. The van der Waals surface area contributed by atoms with Crippen molar-refractivity contribution in [3.05, 3.63) is 59.3 Å². The highest BCUT2D eigenvalue weighted by molar-refractivity contribution is 5.88. The van der Waals surface area contributed by atoms with E-state index in [1.54, 1.807) is 12.2 Å². The van der Waals surface area contributed by atoms with Crippen LogP contribution in [0, 0.1) is 0 Å². The van der Waals surface area contributed by atoms with E-state index in [1.807, 2.05) is 12.1 Å². The second-order valence-corrected chi connectivity index (χ2v) is 5.88. The zero-order valence-electron chi connectivity index (χ0n) is 11.9. The highest BCUT2D eigenvalue weighted by atomic mass is 16.3. The highest BCUT2D eigenvalue weighted by Crippen LogP contribution is 2.24. The molecule has 2 aliphatic carbocycles. The molecule has 0 spiro atoms. The van der Waals surface area contributed by atoms with Gasteiger partial charge in [-0.15, -0.1) is 0 Å². The fourth-order valence-electron chi connectivity index (χ4n) is 3.05. The van der Waals surface area contributed by atoms with Gasteiger partial charge in [0.25, 0.3) is 5.91 Å². The second kappa shape index (κ2) is 5.37. The van der Waals surface area contributed by atoms with Crippen LogP contribution in [0.5, 0.6) is 0 Å². The van der Waals surface area contributed by atoms with Crippen molar-refractivity contribution in [1.29, 1.82) is 0 Å². The fraction of sp³-hybridized carbons (Fsp3) is 0.353. The van der Waals surface area contributed by atoms with Gasteiger partial charge in [-0.25, -0.2) is 0 Å². The van der Waals surface area contributed by atoms with Gasteiger partial charge in [0.05, 0.1) is 0 Å². The molecule has 2 aliphatic rings. The molecule has 4 N–H and O–H groups in total. The molecule has 2 atom stereocenters.